The fourth-order valence-corrected chi connectivity index (χ4v) is 2.12. The molecule has 0 aliphatic carbocycles. The Hall–Kier alpha value is -2.60. The highest BCUT2D eigenvalue weighted by atomic mass is 16.1. The second kappa shape index (κ2) is 6.71. The standard InChI is InChI=1S/C18H18N2O/c1-13-3-4-14(2)17(9-13)10-18(21)20-12-16-7-5-15(11-19)6-8-16/h3-9H,10,12H2,1-2H3,(H,20,21). The highest BCUT2D eigenvalue weighted by molar-refractivity contribution is 5.79. The number of carbonyl (C=O) groups excluding carboxylic acids is 1. The Labute approximate surface area is 125 Å². The molecule has 0 spiro atoms. The largest absolute Gasteiger partial charge is 0.352 e. The number of nitriles is 1. The van der Waals surface area contributed by atoms with Gasteiger partial charge in [-0.3, -0.25) is 4.79 Å². The van der Waals surface area contributed by atoms with Gasteiger partial charge in [-0.25, -0.2) is 0 Å². The summed E-state index contributed by atoms with van der Waals surface area (Å²) in [5.74, 6) is 0.00746. The molecule has 21 heavy (non-hydrogen) atoms. The summed E-state index contributed by atoms with van der Waals surface area (Å²) in [5, 5.41) is 11.6. The highest BCUT2D eigenvalue weighted by Crippen LogP contribution is 2.11. The van der Waals surface area contributed by atoms with Crippen molar-refractivity contribution in [1.29, 1.82) is 5.26 Å². The maximum Gasteiger partial charge on any atom is 0.224 e. The lowest BCUT2D eigenvalue weighted by Crippen LogP contribution is -2.24. The number of hydrogen-bond donors (Lipinski definition) is 1. The van der Waals surface area contributed by atoms with E-state index in [4.69, 9.17) is 5.26 Å². The van der Waals surface area contributed by atoms with E-state index in [9.17, 15) is 4.79 Å². The van der Waals surface area contributed by atoms with Crippen LogP contribution in [0.3, 0.4) is 0 Å². The van der Waals surface area contributed by atoms with Crippen molar-refractivity contribution in [3.8, 4) is 6.07 Å². The summed E-state index contributed by atoms with van der Waals surface area (Å²) in [4.78, 5) is 12.0. The molecular formula is C18H18N2O. The lowest BCUT2D eigenvalue weighted by Gasteiger charge is -2.08. The van der Waals surface area contributed by atoms with Gasteiger partial charge in [0.25, 0.3) is 0 Å². The molecule has 2 aromatic rings. The quantitative estimate of drug-likeness (QED) is 0.934. The lowest BCUT2D eigenvalue weighted by molar-refractivity contribution is -0.120. The molecule has 3 heteroatoms. The van der Waals surface area contributed by atoms with Gasteiger partial charge < -0.3 is 5.32 Å². The number of hydrogen-bond acceptors (Lipinski definition) is 2. The zero-order valence-corrected chi connectivity index (χ0v) is 12.3. The van der Waals surface area contributed by atoms with Gasteiger partial charge in [0.2, 0.25) is 5.91 Å². The third-order valence-electron chi connectivity index (χ3n) is 3.43. The number of rotatable bonds is 4. The second-order valence-corrected chi connectivity index (χ2v) is 5.19. The molecule has 2 rings (SSSR count). The first-order chi connectivity index (χ1) is 10.1. The number of nitrogens with zero attached hydrogens (tertiary/aromatic N) is 1. The van der Waals surface area contributed by atoms with Gasteiger partial charge in [-0.2, -0.15) is 5.26 Å². The van der Waals surface area contributed by atoms with E-state index in [-0.39, 0.29) is 5.91 Å². The first-order valence-corrected chi connectivity index (χ1v) is 6.90. The average molecular weight is 278 g/mol. The number of carbonyl (C=O) groups is 1. The lowest BCUT2D eigenvalue weighted by atomic mass is 10.0. The summed E-state index contributed by atoms with van der Waals surface area (Å²) in [5.41, 5.74) is 4.97. The minimum atomic E-state index is 0.00746. The Kier molecular flexibility index (Phi) is 4.73. The maximum absolute atomic E-state index is 12.0. The van der Waals surface area contributed by atoms with E-state index in [0.29, 0.717) is 18.5 Å². The van der Waals surface area contributed by atoms with E-state index in [1.165, 1.54) is 0 Å². The predicted octanol–water partition coefficient (Wildman–Crippen LogP) is 3.03. The van der Waals surface area contributed by atoms with Crippen molar-refractivity contribution >= 4 is 5.91 Å². The summed E-state index contributed by atoms with van der Waals surface area (Å²) in [6.07, 6.45) is 0.393. The van der Waals surface area contributed by atoms with Crippen LogP contribution in [-0.4, -0.2) is 5.91 Å². The molecule has 0 fully saturated rings. The minimum Gasteiger partial charge on any atom is -0.352 e. The Balaban J connectivity index is 1.92. The Bertz CT molecular complexity index is 681. The first kappa shape index (κ1) is 14.8. The number of benzene rings is 2. The molecule has 3 nitrogen and oxygen atoms in total. The fraction of sp³-hybridized carbons (Fsp3) is 0.222. The molecule has 2 aromatic carbocycles. The van der Waals surface area contributed by atoms with Crippen molar-refractivity contribution in [1.82, 2.24) is 5.32 Å². The van der Waals surface area contributed by atoms with Crippen molar-refractivity contribution in [2.24, 2.45) is 0 Å². The van der Waals surface area contributed by atoms with Crippen molar-refractivity contribution in [3.63, 3.8) is 0 Å². The topological polar surface area (TPSA) is 52.9 Å². The van der Waals surface area contributed by atoms with Gasteiger partial charge in [0.1, 0.15) is 0 Å². The van der Waals surface area contributed by atoms with Crippen LogP contribution in [0.2, 0.25) is 0 Å². The van der Waals surface area contributed by atoms with E-state index in [2.05, 4.69) is 17.5 Å². The third kappa shape index (κ3) is 4.19. The van der Waals surface area contributed by atoms with Crippen molar-refractivity contribution in [2.75, 3.05) is 0 Å². The average Bonchev–Trinajstić information content (AvgIpc) is 2.49. The number of amides is 1. The minimum absolute atomic E-state index is 0.00746. The molecule has 0 radical (unpaired) electrons. The zero-order valence-electron chi connectivity index (χ0n) is 12.3. The molecule has 1 N–H and O–H groups in total. The van der Waals surface area contributed by atoms with Crippen LogP contribution in [0.1, 0.15) is 27.8 Å². The van der Waals surface area contributed by atoms with Gasteiger partial charge in [0.15, 0.2) is 0 Å². The maximum atomic E-state index is 12.0. The van der Waals surface area contributed by atoms with Crippen LogP contribution in [0.5, 0.6) is 0 Å². The summed E-state index contributed by atoms with van der Waals surface area (Å²) >= 11 is 0. The monoisotopic (exact) mass is 278 g/mol. The molecule has 0 heterocycles. The van der Waals surface area contributed by atoms with Gasteiger partial charge in [0.05, 0.1) is 18.1 Å². The molecule has 0 bridgehead atoms. The van der Waals surface area contributed by atoms with E-state index >= 15 is 0 Å². The van der Waals surface area contributed by atoms with Gasteiger partial charge in [-0.15, -0.1) is 0 Å². The third-order valence-corrected chi connectivity index (χ3v) is 3.43. The van der Waals surface area contributed by atoms with Crippen LogP contribution in [0.4, 0.5) is 0 Å². The van der Waals surface area contributed by atoms with Crippen molar-refractivity contribution in [2.45, 2.75) is 26.8 Å². The highest BCUT2D eigenvalue weighted by Gasteiger charge is 2.06. The van der Waals surface area contributed by atoms with Crippen molar-refractivity contribution < 1.29 is 4.79 Å². The molecule has 1 amide bonds. The van der Waals surface area contributed by atoms with Crippen LogP contribution >= 0.6 is 0 Å². The van der Waals surface area contributed by atoms with Gasteiger partial charge in [-0.1, -0.05) is 35.9 Å². The molecule has 0 saturated carbocycles. The van der Waals surface area contributed by atoms with E-state index in [0.717, 1.165) is 22.3 Å². The van der Waals surface area contributed by atoms with Crippen LogP contribution in [0, 0.1) is 25.2 Å². The molecule has 0 unspecified atom stereocenters. The van der Waals surface area contributed by atoms with E-state index < -0.39 is 0 Å². The van der Waals surface area contributed by atoms with Crippen LogP contribution in [-0.2, 0) is 17.8 Å². The molecule has 106 valence electrons. The molecule has 0 aliphatic rings. The number of aryl methyl sites for hydroxylation is 2. The summed E-state index contributed by atoms with van der Waals surface area (Å²) < 4.78 is 0. The molecular weight excluding hydrogens is 260 g/mol. The van der Waals surface area contributed by atoms with Crippen LogP contribution in [0.25, 0.3) is 0 Å². The number of nitrogens with one attached hydrogen (secondary N) is 1. The molecule has 0 atom stereocenters. The Morgan fingerprint density at radius 2 is 1.86 bits per heavy atom. The van der Waals surface area contributed by atoms with Gasteiger partial charge >= 0.3 is 0 Å². The SMILES string of the molecule is Cc1ccc(C)c(CC(=O)NCc2ccc(C#N)cc2)c1. The normalized spacial score (nSPS) is 9.95. The smallest absolute Gasteiger partial charge is 0.224 e. The zero-order chi connectivity index (χ0) is 15.2. The Morgan fingerprint density at radius 3 is 2.52 bits per heavy atom. The molecule has 0 saturated heterocycles. The van der Waals surface area contributed by atoms with Crippen LogP contribution < -0.4 is 5.32 Å². The summed E-state index contributed by atoms with van der Waals surface area (Å²) in [6, 6.07) is 15.4. The van der Waals surface area contributed by atoms with E-state index in [1.54, 1.807) is 12.1 Å². The second-order valence-electron chi connectivity index (χ2n) is 5.19. The van der Waals surface area contributed by atoms with E-state index in [1.807, 2.05) is 38.1 Å². The van der Waals surface area contributed by atoms with Gasteiger partial charge in [0, 0.05) is 6.54 Å². The molecule has 0 aliphatic heterocycles. The van der Waals surface area contributed by atoms with Gasteiger partial charge in [-0.05, 0) is 42.7 Å². The first-order valence-electron chi connectivity index (χ1n) is 6.90. The Morgan fingerprint density at radius 1 is 1.14 bits per heavy atom. The summed E-state index contributed by atoms with van der Waals surface area (Å²) in [6.45, 7) is 4.52. The summed E-state index contributed by atoms with van der Waals surface area (Å²) in [7, 11) is 0. The van der Waals surface area contributed by atoms with Crippen LogP contribution in [0.15, 0.2) is 42.5 Å². The molecule has 0 aromatic heterocycles. The predicted molar refractivity (Wildman–Crippen MR) is 82.6 cm³/mol. The fourth-order valence-electron chi connectivity index (χ4n) is 2.12. The van der Waals surface area contributed by atoms with Crippen molar-refractivity contribution in [3.05, 3.63) is 70.3 Å².